The number of hydrogen-bond acceptors (Lipinski definition) is 5. The zero-order valence-corrected chi connectivity index (χ0v) is 14.9. The summed E-state index contributed by atoms with van der Waals surface area (Å²) in [6, 6.07) is 13.4. The number of rotatable bonds is 5. The van der Waals surface area contributed by atoms with Crippen LogP contribution in [0.15, 0.2) is 48.5 Å². The molecule has 146 valence electrons. The van der Waals surface area contributed by atoms with Gasteiger partial charge in [-0.3, -0.25) is 0 Å². The molecule has 1 saturated heterocycles. The second kappa shape index (κ2) is 7.16. The number of nitrogens with zero attached hydrogens (tertiary/aromatic N) is 3. The standard InChI is InChI=1S/C19H17F3N4O2/c1-12-2-4-13(5-3-12)17-24-18(23-14-10-27-11-14)26(25-17)15-6-8-16(9-7-15)28-19(20,21)22/h2-9,14H,10-11H2,1H3,(H,23,24,25). The van der Waals surface area contributed by atoms with Crippen LogP contribution in [0.2, 0.25) is 0 Å². The van der Waals surface area contributed by atoms with Gasteiger partial charge in [-0.2, -0.15) is 9.67 Å². The van der Waals surface area contributed by atoms with E-state index in [4.69, 9.17) is 4.74 Å². The first-order valence-corrected chi connectivity index (χ1v) is 8.62. The molecular formula is C19H17F3N4O2. The molecule has 0 radical (unpaired) electrons. The number of ether oxygens (including phenoxy) is 2. The number of hydrogen-bond donors (Lipinski definition) is 1. The highest BCUT2D eigenvalue weighted by molar-refractivity contribution is 5.58. The molecule has 0 amide bonds. The Morgan fingerprint density at radius 1 is 1.07 bits per heavy atom. The average Bonchev–Trinajstić information content (AvgIpc) is 3.02. The van der Waals surface area contributed by atoms with E-state index in [1.807, 2.05) is 31.2 Å². The van der Waals surface area contributed by atoms with Gasteiger partial charge in [-0.05, 0) is 31.2 Å². The number of alkyl halides is 3. The minimum absolute atomic E-state index is 0.113. The van der Waals surface area contributed by atoms with Crippen molar-refractivity contribution < 1.29 is 22.6 Å². The van der Waals surface area contributed by atoms with Gasteiger partial charge in [0.15, 0.2) is 5.82 Å². The van der Waals surface area contributed by atoms with Crippen molar-refractivity contribution in [1.82, 2.24) is 14.8 Å². The van der Waals surface area contributed by atoms with Crippen molar-refractivity contribution in [2.45, 2.75) is 19.3 Å². The van der Waals surface area contributed by atoms with E-state index in [0.717, 1.165) is 11.1 Å². The third kappa shape index (κ3) is 4.09. The third-order valence-corrected chi connectivity index (χ3v) is 4.20. The summed E-state index contributed by atoms with van der Waals surface area (Å²) >= 11 is 0. The molecule has 0 saturated carbocycles. The summed E-state index contributed by atoms with van der Waals surface area (Å²) < 4.78 is 47.8. The Morgan fingerprint density at radius 2 is 1.75 bits per heavy atom. The van der Waals surface area contributed by atoms with Gasteiger partial charge in [-0.1, -0.05) is 29.8 Å². The Labute approximate surface area is 158 Å². The minimum Gasteiger partial charge on any atom is -0.406 e. The van der Waals surface area contributed by atoms with Gasteiger partial charge in [0, 0.05) is 5.56 Å². The fourth-order valence-electron chi connectivity index (χ4n) is 2.70. The zero-order valence-electron chi connectivity index (χ0n) is 14.9. The highest BCUT2D eigenvalue weighted by atomic mass is 19.4. The maximum atomic E-state index is 12.4. The number of nitrogens with one attached hydrogen (secondary N) is 1. The van der Waals surface area contributed by atoms with Gasteiger partial charge in [-0.15, -0.1) is 18.3 Å². The van der Waals surface area contributed by atoms with E-state index in [-0.39, 0.29) is 11.8 Å². The molecule has 6 nitrogen and oxygen atoms in total. The van der Waals surface area contributed by atoms with Gasteiger partial charge in [0.25, 0.3) is 0 Å². The van der Waals surface area contributed by atoms with E-state index < -0.39 is 6.36 Å². The van der Waals surface area contributed by atoms with Crippen molar-refractivity contribution in [3.8, 4) is 22.8 Å². The molecule has 2 aromatic carbocycles. The lowest BCUT2D eigenvalue weighted by Crippen LogP contribution is -2.41. The first kappa shape index (κ1) is 18.3. The van der Waals surface area contributed by atoms with Crippen LogP contribution in [0.25, 0.3) is 17.1 Å². The molecule has 1 aromatic heterocycles. The van der Waals surface area contributed by atoms with Gasteiger partial charge >= 0.3 is 6.36 Å². The highest BCUT2D eigenvalue weighted by Crippen LogP contribution is 2.26. The Bertz CT molecular complexity index is 949. The van der Waals surface area contributed by atoms with Gasteiger partial charge in [0.2, 0.25) is 5.95 Å². The molecule has 1 aliphatic heterocycles. The molecule has 0 spiro atoms. The van der Waals surface area contributed by atoms with E-state index >= 15 is 0 Å². The molecule has 2 heterocycles. The van der Waals surface area contributed by atoms with Crippen LogP contribution in [0.4, 0.5) is 19.1 Å². The van der Waals surface area contributed by atoms with Crippen molar-refractivity contribution in [1.29, 1.82) is 0 Å². The van der Waals surface area contributed by atoms with E-state index in [1.165, 1.54) is 24.3 Å². The van der Waals surface area contributed by atoms with Crippen molar-refractivity contribution in [2.75, 3.05) is 18.5 Å². The maximum Gasteiger partial charge on any atom is 0.573 e. The molecule has 3 aromatic rings. The number of halogens is 3. The summed E-state index contributed by atoms with van der Waals surface area (Å²) in [5.41, 5.74) is 2.52. The minimum atomic E-state index is -4.73. The SMILES string of the molecule is Cc1ccc(-c2nc(NC3COC3)n(-c3ccc(OC(F)(F)F)cc3)n2)cc1. The molecule has 28 heavy (non-hydrogen) atoms. The first-order valence-electron chi connectivity index (χ1n) is 8.62. The number of anilines is 1. The fourth-order valence-corrected chi connectivity index (χ4v) is 2.70. The van der Waals surface area contributed by atoms with Gasteiger partial charge in [0.1, 0.15) is 5.75 Å². The van der Waals surface area contributed by atoms with Gasteiger partial charge in [-0.25, -0.2) is 0 Å². The lowest BCUT2D eigenvalue weighted by atomic mass is 10.1. The highest BCUT2D eigenvalue weighted by Gasteiger charge is 2.31. The zero-order chi connectivity index (χ0) is 19.7. The molecule has 0 unspecified atom stereocenters. The fraction of sp³-hybridized carbons (Fsp3) is 0.263. The number of benzene rings is 2. The quantitative estimate of drug-likeness (QED) is 0.715. The number of aromatic nitrogens is 3. The monoisotopic (exact) mass is 390 g/mol. The number of aryl methyl sites for hydroxylation is 1. The second-order valence-electron chi connectivity index (χ2n) is 6.46. The van der Waals surface area contributed by atoms with Crippen molar-refractivity contribution in [2.24, 2.45) is 0 Å². The van der Waals surface area contributed by atoms with Crippen LogP contribution in [0.5, 0.6) is 5.75 Å². The topological polar surface area (TPSA) is 61.2 Å². The molecule has 0 bridgehead atoms. The summed E-state index contributed by atoms with van der Waals surface area (Å²) in [7, 11) is 0. The van der Waals surface area contributed by atoms with Crippen LogP contribution >= 0.6 is 0 Å². The largest absolute Gasteiger partial charge is 0.573 e. The second-order valence-corrected chi connectivity index (χ2v) is 6.46. The van der Waals surface area contributed by atoms with Crippen LogP contribution in [-0.4, -0.2) is 40.4 Å². The summed E-state index contributed by atoms with van der Waals surface area (Å²) in [5.74, 6) is 0.712. The van der Waals surface area contributed by atoms with Crippen LogP contribution in [0, 0.1) is 6.92 Å². The Hall–Kier alpha value is -3.07. The molecule has 1 aliphatic rings. The lowest BCUT2D eigenvalue weighted by Gasteiger charge is -2.27. The van der Waals surface area contributed by atoms with E-state index in [1.54, 1.807) is 4.68 Å². The summed E-state index contributed by atoms with van der Waals surface area (Å²) in [4.78, 5) is 4.56. The molecule has 0 atom stereocenters. The Balaban J connectivity index is 1.66. The Kier molecular flexibility index (Phi) is 4.68. The molecular weight excluding hydrogens is 373 g/mol. The van der Waals surface area contributed by atoms with Crippen molar-refractivity contribution in [3.63, 3.8) is 0 Å². The van der Waals surface area contributed by atoms with Crippen LogP contribution in [-0.2, 0) is 4.74 Å². The third-order valence-electron chi connectivity index (χ3n) is 4.20. The first-order chi connectivity index (χ1) is 13.4. The van der Waals surface area contributed by atoms with Gasteiger partial charge in [0.05, 0.1) is 24.9 Å². The Morgan fingerprint density at radius 3 is 2.32 bits per heavy atom. The smallest absolute Gasteiger partial charge is 0.406 e. The molecule has 1 fully saturated rings. The normalized spacial score (nSPS) is 14.6. The van der Waals surface area contributed by atoms with E-state index in [2.05, 4.69) is 20.1 Å². The molecule has 9 heteroatoms. The van der Waals surface area contributed by atoms with Crippen molar-refractivity contribution in [3.05, 3.63) is 54.1 Å². The predicted octanol–water partition coefficient (Wildman–Crippen LogP) is 3.95. The molecule has 0 aliphatic carbocycles. The molecule has 4 rings (SSSR count). The van der Waals surface area contributed by atoms with Crippen LogP contribution < -0.4 is 10.1 Å². The lowest BCUT2D eigenvalue weighted by molar-refractivity contribution is -0.274. The van der Waals surface area contributed by atoms with Gasteiger partial charge < -0.3 is 14.8 Å². The summed E-state index contributed by atoms with van der Waals surface area (Å²) in [6.45, 7) is 3.11. The van der Waals surface area contributed by atoms with Crippen LogP contribution in [0.3, 0.4) is 0 Å². The summed E-state index contributed by atoms with van der Waals surface area (Å²) in [5, 5.41) is 7.79. The average molecular weight is 390 g/mol. The van der Waals surface area contributed by atoms with E-state index in [9.17, 15) is 13.2 Å². The maximum absolute atomic E-state index is 12.4. The van der Waals surface area contributed by atoms with Crippen molar-refractivity contribution >= 4 is 5.95 Å². The summed E-state index contributed by atoms with van der Waals surface area (Å²) in [6.07, 6.45) is -4.73. The predicted molar refractivity (Wildman–Crippen MR) is 96.4 cm³/mol. The molecule has 1 N–H and O–H groups in total. The van der Waals surface area contributed by atoms with Crippen LogP contribution in [0.1, 0.15) is 5.56 Å². The van der Waals surface area contributed by atoms with E-state index in [0.29, 0.717) is 30.7 Å².